The van der Waals surface area contributed by atoms with Crippen molar-refractivity contribution in [3.63, 3.8) is 0 Å². The summed E-state index contributed by atoms with van der Waals surface area (Å²) >= 11 is 0. The highest BCUT2D eigenvalue weighted by Gasteiger charge is 1.95. The molecule has 66 valence electrons. The molecule has 0 aliphatic carbocycles. The predicted molar refractivity (Wildman–Crippen MR) is 54.9 cm³/mol. The summed E-state index contributed by atoms with van der Waals surface area (Å²) in [7, 11) is 0. The minimum absolute atomic E-state index is 0.439. The molecule has 0 radical (unpaired) electrons. The maximum absolute atomic E-state index is 8.34. The smallest absolute Gasteiger partial charge is 0.0663 e. The van der Waals surface area contributed by atoms with E-state index in [2.05, 4.69) is 6.07 Å². The SMILES string of the molecule is Cc1c(N)cccc1C=CCC#N. The Bertz CT molecular complexity index is 359. The molecule has 2 N–H and O–H groups in total. The van der Waals surface area contributed by atoms with Gasteiger partial charge in [-0.05, 0) is 24.1 Å². The quantitative estimate of drug-likeness (QED) is 0.697. The van der Waals surface area contributed by atoms with Crippen molar-refractivity contribution in [1.82, 2.24) is 0 Å². The standard InChI is InChI=1S/C11H12N2/c1-9-10(5-2-3-8-12)6-4-7-11(9)13/h2,4-7H,3,13H2,1H3. The zero-order chi connectivity index (χ0) is 9.68. The molecule has 1 aromatic carbocycles. The van der Waals surface area contributed by atoms with Crippen molar-refractivity contribution in [3.05, 3.63) is 35.4 Å². The monoisotopic (exact) mass is 172 g/mol. The molecule has 0 amide bonds. The summed E-state index contributed by atoms with van der Waals surface area (Å²) in [5.74, 6) is 0. The average molecular weight is 172 g/mol. The molecule has 0 heterocycles. The number of nitrogens with zero attached hydrogens (tertiary/aromatic N) is 1. The Hall–Kier alpha value is -1.75. The highest BCUT2D eigenvalue weighted by Crippen LogP contribution is 2.16. The minimum Gasteiger partial charge on any atom is -0.398 e. The van der Waals surface area contributed by atoms with Gasteiger partial charge in [0.2, 0.25) is 0 Å². The molecule has 2 nitrogen and oxygen atoms in total. The number of nitriles is 1. The number of anilines is 1. The summed E-state index contributed by atoms with van der Waals surface area (Å²) < 4.78 is 0. The zero-order valence-electron chi connectivity index (χ0n) is 7.62. The zero-order valence-corrected chi connectivity index (χ0v) is 7.62. The van der Waals surface area contributed by atoms with Gasteiger partial charge in [-0.25, -0.2) is 0 Å². The minimum atomic E-state index is 0.439. The number of hydrogen-bond acceptors (Lipinski definition) is 2. The van der Waals surface area contributed by atoms with Crippen LogP contribution in [0.25, 0.3) is 6.08 Å². The molecule has 1 aromatic rings. The second kappa shape index (κ2) is 4.32. The largest absolute Gasteiger partial charge is 0.398 e. The van der Waals surface area contributed by atoms with E-state index in [0.29, 0.717) is 6.42 Å². The third-order valence-corrected chi connectivity index (χ3v) is 1.92. The van der Waals surface area contributed by atoms with E-state index in [4.69, 9.17) is 11.0 Å². The van der Waals surface area contributed by atoms with E-state index in [1.54, 1.807) is 0 Å². The fourth-order valence-electron chi connectivity index (χ4n) is 1.09. The Labute approximate surface area is 78.3 Å². The third kappa shape index (κ3) is 2.34. The molecule has 13 heavy (non-hydrogen) atoms. The lowest BCUT2D eigenvalue weighted by molar-refractivity contribution is 1.36. The molecule has 0 bridgehead atoms. The van der Waals surface area contributed by atoms with Gasteiger partial charge in [0, 0.05) is 5.69 Å². The summed E-state index contributed by atoms with van der Waals surface area (Å²) in [6, 6.07) is 7.82. The van der Waals surface area contributed by atoms with Gasteiger partial charge in [0.25, 0.3) is 0 Å². The summed E-state index contributed by atoms with van der Waals surface area (Å²) in [4.78, 5) is 0. The van der Waals surface area contributed by atoms with Gasteiger partial charge < -0.3 is 5.73 Å². The van der Waals surface area contributed by atoms with E-state index < -0.39 is 0 Å². The van der Waals surface area contributed by atoms with Crippen LogP contribution >= 0.6 is 0 Å². The summed E-state index contributed by atoms with van der Waals surface area (Å²) in [5.41, 5.74) is 8.66. The van der Waals surface area contributed by atoms with Gasteiger partial charge in [-0.2, -0.15) is 5.26 Å². The summed E-state index contributed by atoms with van der Waals surface area (Å²) in [5, 5.41) is 8.34. The molecule has 2 heteroatoms. The fraction of sp³-hybridized carbons (Fsp3) is 0.182. The van der Waals surface area contributed by atoms with Crippen molar-refractivity contribution < 1.29 is 0 Å². The van der Waals surface area contributed by atoms with Crippen molar-refractivity contribution in [2.45, 2.75) is 13.3 Å². The van der Waals surface area contributed by atoms with Gasteiger partial charge >= 0.3 is 0 Å². The first kappa shape index (κ1) is 9.34. The molecule has 0 aliphatic heterocycles. The van der Waals surface area contributed by atoms with Crippen molar-refractivity contribution in [3.8, 4) is 6.07 Å². The number of nitrogens with two attached hydrogens (primary N) is 1. The Morgan fingerprint density at radius 3 is 3.00 bits per heavy atom. The van der Waals surface area contributed by atoms with Crippen LogP contribution < -0.4 is 5.73 Å². The van der Waals surface area contributed by atoms with Gasteiger partial charge in [-0.15, -0.1) is 0 Å². The first-order valence-electron chi connectivity index (χ1n) is 4.14. The van der Waals surface area contributed by atoms with Crippen LogP contribution in [0.3, 0.4) is 0 Å². The van der Waals surface area contributed by atoms with Gasteiger partial charge in [0.05, 0.1) is 12.5 Å². The number of allylic oxidation sites excluding steroid dienone is 1. The molecular formula is C11H12N2. The Balaban J connectivity index is 2.90. The van der Waals surface area contributed by atoms with E-state index in [0.717, 1.165) is 16.8 Å². The maximum atomic E-state index is 8.34. The number of benzene rings is 1. The number of hydrogen-bond donors (Lipinski definition) is 1. The Kier molecular flexibility index (Phi) is 3.10. The lowest BCUT2D eigenvalue weighted by atomic mass is 10.1. The topological polar surface area (TPSA) is 49.8 Å². The van der Waals surface area contributed by atoms with Crippen LogP contribution in [0.2, 0.25) is 0 Å². The molecule has 0 fully saturated rings. The van der Waals surface area contributed by atoms with Crippen molar-refractivity contribution in [1.29, 1.82) is 5.26 Å². The van der Waals surface area contributed by atoms with Crippen LogP contribution in [0, 0.1) is 18.3 Å². The molecule has 0 saturated carbocycles. The van der Waals surface area contributed by atoms with E-state index in [1.807, 2.05) is 37.3 Å². The lowest BCUT2D eigenvalue weighted by Gasteiger charge is -2.02. The molecule has 0 spiro atoms. The van der Waals surface area contributed by atoms with Crippen molar-refractivity contribution in [2.24, 2.45) is 0 Å². The van der Waals surface area contributed by atoms with Crippen LogP contribution in [0.4, 0.5) is 5.69 Å². The Morgan fingerprint density at radius 2 is 2.31 bits per heavy atom. The van der Waals surface area contributed by atoms with Crippen LogP contribution in [0.15, 0.2) is 24.3 Å². The van der Waals surface area contributed by atoms with Gasteiger partial charge in [-0.3, -0.25) is 0 Å². The highest BCUT2D eigenvalue weighted by atomic mass is 14.5. The van der Waals surface area contributed by atoms with E-state index in [-0.39, 0.29) is 0 Å². The van der Waals surface area contributed by atoms with E-state index in [1.165, 1.54) is 0 Å². The molecule has 0 unspecified atom stereocenters. The van der Waals surface area contributed by atoms with E-state index >= 15 is 0 Å². The second-order valence-corrected chi connectivity index (χ2v) is 2.83. The number of rotatable bonds is 2. The lowest BCUT2D eigenvalue weighted by Crippen LogP contribution is -1.90. The predicted octanol–water partition coefficient (Wildman–Crippen LogP) is 2.50. The van der Waals surface area contributed by atoms with Gasteiger partial charge in [0.1, 0.15) is 0 Å². The van der Waals surface area contributed by atoms with Gasteiger partial charge in [-0.1, -0.05) is 24.3 Å². The summed E-state index contributed by atoms with van der Waals surface area (Å²) in [6.07, 6.45) is 4.20. The van der Waals surface area contributed by atoms with Crippen molar-refractivity contribution >= 4 is 11.8 Å². The van der Waals surface area contributed by atoms with Crippen molar-refractivity contribution in [2.75, 3.05) is 5.73 Å². The second-order valence-electron chi connectivity index (χ2n) is 2.83. The molecule has 0 aromatic heterocycles. The average Bonchev–Trinajstić information content (AvgIpc) is 2.13. The Morgan fingerprint density at radius 1 is 1.54 bits per heavy atom. The molecule has 1 rings (SSSR count). The first-order valence-corrected chi connectivity index (χ1v) is 4.14. The maximum Gasteiger partial charge on any atom is 0.0663 e. The van der Waals surface area contributed by atoms with Crippen LogP contribution in [0.5, 0.6) is 0 Å². The first-order chi connectivity index (χ1) is 6.25. The highest BCUT2D eigenvalue weighted by molar-refractivity contribution is 5.62. The van der Waals surface area contributed by atoms with E-state index in [9.17, 15) is 0 Å². The van der Waals surface area contributed by atoms with Crippen LogP contribution in [-0.4, -0.2) is 0 Å². The van der Waals surface area contributed by atoms with Gasteiger partial charge in [0.15, 0.2) is 0 Å². The molecule has 0 atom stereocenters. The molecule has 0 saturated heterocycles. The molecular weight excluding hydrogens is 160 g/mol. The third-order valence-electron chi connectivity index (χ3n) is 1.92. The normalized spacial score (nSPS) is 10.2. The fourth-order valence-corrected chi connectivity index (χ4v) is 1.09. The number of nitrogen functional groups attached to an aromatic ring is 1. The van der Waals surface area contributed by atoms with Crippen LogP contribution in [-0.2, 0) is 0 Å². The van der Waals surface area contributed by atoms with Crippen LogP contribution in [0.1, 0.15) is 17.5 Å². The molecule has 0 aliphatic rings. The summed E-state index contributed by atoms with van der Waals surface area (Å²) in [6.45, 7) is 1.97.